The second-order valence-corrected chi connectivity index (χ2v) is 4.03. The third-order valence-corrected chi connectivity index (χ3v) is 2.64. The third-order valence-electron chi connectivity index (χ3n) is 1.80. The standard InChI is InChI=1S/C9H12N2O3S/c1-6(9(13)14)11-7(12)2-3-8-10-4-5-15-8/h4-6H,2-3H2,1H3,(H,11,12)(H,13,14)/t6-/m0/s1. The molecule has 0 aliphatic heterocycles. The Balaban J connectivity index is 2.28. The predicted octanol–water partition coefficient (Wildman–Crippen LogP) is 0.665. The molecule has 1 atom stereocenters. The van der Waals surface area contributed by atoms with Crippen molar-refractivity contribution < 1.29 is 14.7 Å². The van der Waals surface area contributed by atoms with E-state index >= 15 is 0 Å². The molecule has 0 bridgehead atoms. The van der Waals surface area contributed by atoms with Crippen LogP contribution in [-0.4, -0.2) is 28.0 Å². The van der Waals surface area contributed by atoms with Gasteiger partial charge in [-0.2, -0.15) is 0 Å². The van der Waals surface area contributed by atoms with E-state index in [4.69, 9.17) is 5.11 Å². The third kappa shape index (κ3) is 4.07. The molecule has 0 aromatic carbocycles. The summed E-state index contributed by atoms with van der Waals surface area (Å²) >= 11 is 1.48. The van der Waals surface area contributed by atoms with Gasteiger partial charge in [0.25, 0.3) is 0 Å². The Kier molecular flexibility index (Phi) is 4.23. The van der Waals surface area contributed by atoms with Crippen molar-refractivity contribution in [1.82, 2.24) is 10.3 Å². The van der Waals surface area contributed by atoms with Crippen LogP contribution in [-0.2, 0) is 16.0 Å². The number of aromatic nitrogens is 1. The molecule has 0 spiro atoms. The largest absolute Gasteiger partial charge is 0.480 e. The van der Waals surface area contributed by atoms with Gasteiger partial charge in [-0.1, -0.05) is 0 Å². The summed E-state index contributed by atoms with van der Waals surface area (Å²) in [6.45, 7) is 1.43. The molecule has 6 heteroatoms. The summed E-state index contributed by atoms with van der Waals surface area (Å²) in [6, 6.07) is -0.839. The van der Waals surface area contributed by atoms with Gasteiger partial charge in [-0.25, -0.2) is 4.98 Å². The lowest BCUT2D eigenvalue weighted by Crippen LogP contribution is -2.38. The number of carboxylic acids is 1. The average Bonchev–Trinajstić information content (AvgIpc) is 2.66. The van der Waals surface area contributed by atoms with Crippen molar-refractivity contribution in [2.24, 2.45) is 0 Å². The fraction of sp³-hybridized carbons (Fsp3) is 0.444. The molecule has 5 nitrogen and oxygen atoms in total. The quantitative estimate of drug-likeness (QED) is 0.776. The van der Waals surface area contributed by atoms with Crippen molar-refractivity contribution in [2.45, 2.75) is 25.8 Å². The molecule has 82 valence electrons. The van der Waals surface area contributed by atoms with Crippen LogP contribution < -0.4 is 5.32 Å². The first-order valence-electron chi connectivity index (χ1n) is 4.50. The number of carboxylic acid groups (broad SMARTS) is 1. The number of nitrogens with zero attached hydrogens (tertiary/aromatic N) is 1. The Morgan fingerprint density at radius 1 is 1.67 bits per heavy atom. The van der Waals surface area contributed by atoms with Crippen LogP contribution >= 0.6 is 11.3 Å². The van der Waals surface area contributed by atoms with E-state index in [1.807, 2.05) is 5.38 Å². The minimum atomic E-state index is -1.03. The maximum Gasteiger partial charge on any atom is 0.325 e. The van der Waals surface area contributed by atoms with E-state index in [0.29, 0.717) is 6.42 Å². The van der Waals surface area contributed by atoms with E-state index in [0.717, 1.165) is 5.01 Å². The first kappa shape index (κ1) is 11.6. The van der Waals surface area contributed by atoms with Crippen molar-refractivity contribution in [3.05, 3.63) is 16.6 Å². The van der Waals surface area contributed by atoms with Crippen LogP contribution in [0.4, 0.5) is 0 Å². The Labute approximate surface area is 91.1 Å². The lowest BCUT2D eigenvalue weighted by Gasteiger charge is -2.08. The molecule has 1 heterocycles. The summed E-state index contributed by atoms with van der Waals surface area (Å²) in [5, 5.41) is 13.7. The Hall–Kier alpha value is -1.43. The number of aryl methyl sites for hydroxylation is 1. The van der Waals surface area contributed by atoms with Crippen LogP contribution in [0.2, 0.25) is 0 Å². The molecular weight excluding hydrogens is 216 g/mol. The molecule has 0 fully saturated rings. The second-order valence-electron chi connectivity index (χ2n) is 3.05. The van der Waals surface area contributed by atoms with Crippen molar-refractivity contribution in [3.63, 3.8) is 0 Å². The van der Waals surface area contributed by atoms with Crippen LogP contribution in [0.1, 0.15) is 18.4 Å². The van der Waals surface area contributed by atoms with Gasteiger partial charge in [0, 0.05) is 24.4 Å². The number of nitrogens with one attached hydrogen (secondary N) is 1. The van der Waals surface area contributed by atoms with E-state index < -0.39 is 12.0 Å². The fourth-order valence-corrected chi connectivity index (χ4v) is 1.59. The van der Waals surface area contributed by atoms with Gasteiger partial charge in [0.1, 0.15) is 6.04 Å². The molecule has 1 aromatic heterocycles. The molecule has 0 unspecified atom stereocenters. The Bertz CT molecular complexity index is 337. The van der Waals surface area contributed by atoms with Gasteiger partial charge in [-0.15, -0.1) is 11.3 Å². The second kappa shape index (κ2) is 5.45. The highest BCUT2D eigenvalue weighted by Crippen LogP contribution is 2.06. The number of rotatable bonds is 5. The highest BCUT2D eigenvalue weighted by Gasteiger charge is 2.13. The zero-order valence-electron chi connectivity index (χ0n) is 8.27. The molecule has 1 amide bonds. The van der Waals surface area contributed by atoms with Crippen molar-refractivity contribution in [3.8, 4) is 0 Å². The smallest absolute Gasteiger partial charge is 0.325 e. The number of aliphatic carboxylic acids is 1. The number of amides is 1. The lowest BCUT2D eigenvalue weighted by molar-refractivity contribution is -0.141. The number of hydrogen-bond acceptors (Lipinski definition) is 4. The monoisotopic (exact) mass is 228 g/mol. The lowest BCUT2D eigenvalue weighted by atomic mass is 10.2. The number of hydrogen-bond donors (Lipinski definition) is 2. The molecule has 15 heavy (non-hydrogen) atoms. The van der Waals surface area contributed by atoms with Crippen LogP contribution in [0.15, 0.2) is 11.6 Å². The van der Waals surface area contributed by atoms with E-state index in [1.54, 1.807) is 6.20 Å². The molecule has 0 saturated carbocycles. The van der Waals surface area contributed by atoms with Crippen molar-refractivity contribution in [1.29, 1.82) is 0 Å². The van der Waals surface area contributed by atoms with Gasteiger partial charge in [-0.3, -0.25) is 9.59 Å². The highest BCUT2D eigenvalue weighted by molar-refractivity contribution is 7.09. The molecular formula is C9H12N2O3S. The predicted molar refractivity (Wildman–Crippen MR) is 55.7 cm³/mol. The number of carbonyl (C=O) groups excluding carboxylic acids is 1. The van der Waals surface area contributed by atoms with E-state index in [1.165, 1.54) is 18.3 Å². The van der Waals surface area contributed by atoms with Gasteiger partial charge >= 0.3 is 5.97 Å². The topological polar surface area (TPSA) is 79.3 Å². The summed E-state index contributed by atoms with van der Waals surface area (Å²) in [5.41, 5.74) is 0. The van der Waals surface area contributed by atoms with E-state index in [9.17, 15) is 9.59 Å². The fourth-order valence-electron chi connectivity index (χ4n) is 0.972. The molecule has 0 aliphatic carbocycles. The SMILES string of the molecule is C[C@H](NC(=O)CCc1nccs1)C(=O)O. The highest BCUT2D eigenvalue weighted by atomic mass is 32.1. The van der Waals surface area contributed by atoms with Crippen molar-refractivity contribution >= 4 is 23.2 Å². The van der Waals surface area contributed by atoms with Crippen LogP contribution in [0.25, 0.3) is 0 Å². The van der Waals surface area contributed by atoms with Gasteiger partial charge in [0.05, 0.1) is 5.01 Å². The molecule has 1 aromatic rings. The van der Waals surface area contributed by atoms with Gasteiger partial charge < -0.3 is 10.4 Å². The first-order valence-corrected chi connectivity index (χ1v) is 5.38. The zero-order chi connectivity index (χ0) is 11.3. The molecule has 2 N–H and O–H groups in total. The number of thiazole rings is 1. The molecule has 0 aliphatic rings. The number of carbonyl (C=O) groups is 2. The van der Waals surface area contributed by atoms with Crippen LogP contribution in [0.3, 0.4) is 0 Å². The summed E-state index contributed by atoms with van der Waals surface area (Å²) in [4.78, 5) is 25.7. The van der Waals surface area contributed by atoms with E-state index in [2.05, 4.69) is 10.3 Å². The summed E-state index contributed by atoms with van der Waals surface area (Å²) in [6.07, 6.45) is 2.50. The average molecular weight is 228 g/mol. The maximum atomic E-state index is 11.3. The zero-order valence-corrected chi connectivity index (χ0v) is 9.08. The van der Waals surface area contributed by atoms with Gasteiger partial charge in [0.15, 0.2) is 0 Å². The van der Waals surface area contributed by atoms with E-state index in [-0.39, 0.29) is 12.3 Å². The summed E-state index contributed by atoms with van der Waals surface area (Å²) in [7, 11) is 0. The van der Waals surface area contributed by atoms with Crippen LogP contribution in [0, 0.1) is 0 Å². The first-order chi connectivity index (χ1) is 7.09. The van der Waals surface area contributed by atoms with Gasteiger partial charge in [0.2, 0.25) is 5.91 Å². The minimum Gasteiger partial charge on any atom is -0.480 e. The maximum absolute atomic E-state index is 11.3. The normalized spacial score (nSPS) is 12.1. The van der Waals surface area contributed by atoms with Crippen molar-refractivity contribution in [2.75, 3.05) is 0 Å². The Morgan fingerprint density at radius 3 is 2.93 bits per heavy atom. The minimum absolute atomic E-state index is 0.264. The molecule has 1 rings (SSSR count). The van der Waals surface area contributed by atoms with Gasteiger partial charge in [-0.05, 0) is 6.92 Å². The molecule has 0 saturated heterocycles. The Morgan fingerprint density at radius 2 is 2.40 bits per heavy atom. The molecule has 0 radical (unpaired) electrons. The van der Waals surface area contributed by atoms with Crippen LogP contribution in [0.5, 0.6) is 0 Å². The summed E-state index contributed by atoms with van der Waals surface area (Å²) < 4.78 is 0. The summed E-state index contributed by atoms with van der Waals surface area (Å²) in [5.74, 6) is -1.29.